The van der Waals surface area contributed by atoms with E-state index in [2.05, 4.69) is 39.4 Å². The number of nitrogens with zero attached hydrogens (tertiary/aromatic N) is 4. The lowest BCUT2D eigenvalue weighted by atomic mass is 10.5. The lowest BCUT2D eigenvalue weighted by molar-refractivity contribution is 0.106. The van der Waals surface area contributed by atoms with Gasteiger partial charge in [-0.15, -0.1) is 11.3 Å². The number of thiophene rings is 1. The second-order valence-electron chi connectivity index (χ2n) is 4.99. The summed E-state index contributed by atoms with van der Waals surface area (Å²) in [6.07, 6.45) is 2.01. The van der Waals surface area contributed by atoms with E-state index in [4.69, 9.17) is 4.84 Å². The lowest BCUT2D eigenvalue weighted by Gasteiger charge is -2.17. The summed E-state index contributed by atoms with van der Waals surface area (Å²) in [4.78, 5) is 20.1. The van der Waals surface area contributed by atoms with Gasteiger partial charge in [-0.1, -0.05) is 19.9 Å². The summed E-state index contributed by atoms with van der Waals surface area (Å²) in [5.74, 6) is 1.60. The molecule has 0 atom stereocenters. The van der Waals surface area contributed by atoms with Gasteiger partial charge in [0.15, 0.2) is 0 Å². The van der Waals surface area contributed by atoms with Crippen LogP contribution in [0.15, 0.2) is 17.5 Å². The smallest absolute Gasteiger partial charge is 0.256 e. The van der Waals surface area contributed by atoms with Crippen molar-refractivity contribution in [1.82, 2.24) is 15.0 Å². The molecule has 0 fully saturated rings. The minimum Gasteiger partial charge on any atom is -0.354 e. The average molecular weight is 336 g/mol. The molecule has 0 amide bonds. The van der Waals surface area contributed by atoms with E-state index in [9.17, 15) is 0 Å². The Hall–Kier alpha value is -1.93. The van der Waals surface area contributed by atoms with Gasteiger partial charge in [-0.05, 0) is 24.3 Å². The molecular formula is C15H24N6OS. The highest BCUT2D eigenvalue weighted by atomic mass is 32.1. The van der Waals surface area contributed by atoms with Crippen LogP contribution in [0.25, 0.3) is 0 Å². The van der Waals surface area contributed by atoms with E-state index in [1.807, 2.05) is 17.5 Å². The Kier molecular flexibility index (Phi) is 7.02. The molecule has 0 aliphatic carbocycles. The van der Waals surface area contributed by atoms with Gasteiger partial charge < -0.3 is 10.6 Å². The normalized spacial score (nSPS) is 10.6. The molecule has 0 aliphatic rings. The van der Waals surface area contributed by atoms with Crippen molar-refractivity contribution in [3.63, 3.8) is 0 Å². The molecule has 2 N–H and O–H groups in total. The summed E-state index contributed by atoms with van der Waals surface area (Å²) in [5, 5.41) is 10.00. The van der Waals surface area contributed by atoms with Crippen LogP contribution in [0.4, 0.5) is 17.8 Å². The molecule has 0 radical (unpaired) electrons. The SMILES string of the molecule is CCCNc1nc(NCCC)nc(N(C)OCc2cccs2)n1. The van der Waals surface area contributed by atoms with E-state index in [0.29, 0.717) is 24.5 Å². The van der Waals surface area contributed by atoms with E-state index in [-0.39, 0.29) is 0 Å². The molecule has 8 heteroatoms. The van der Waals surface area contributed by atoms with E-state index in [0.717, 1.165) is 30.8 Å². The number of hydrogen-bond donors (Lipinski definition) is 2. The van der Waals surface area contributed by atoms with Crippen molar-refractivity contribution in [2.24, 2.45) is 0 Å². The molecule has 0 unspecified atom stereocenters. The van der Waals surface area contributed by atoms with Crippen molar-refractivity contribution >= 4 is 29.2 Å². The maximum atomic E-state index is 5.73. The van der Waals surface area contributed by atoms with Crippen LogP contribution in [0.3, 0.4) is 0 Å². The molecule has 0 aliphatic heterocycles. The van der Waals surface area contributed by atoms with Crippen LogP contribution >= 0.6 is 11.3 Å². The fraction of sp³-hybridized carbons (Fsp3) is 0.533. The monoisotopic (exact) mass is 336 g/mol. The number of aromatic nitrogens is 3. The van der Waals surface area contributed by atoms with E-state index in [1.54, 1.807) is 23.4 Å². The molecule has 2 aromatic heterocycles. The number of rotatable bonds is 10. The zero-order chi connectivity index (χ0) is 16.5. The number of hydrogen-bond acceptors (Lipinski definition) is 8. The lowest BCUT2D eigenvalue weighted by Crippen LogP contribution is -2.22. The third kappa shape index (κ3) is 5.65. The number of hydroxylamine groups is 1. The highest BCUT2D eigenvalue weighted by molar-refractivity contribution is 7.09. The maximum Gasteiger partial charge on any atom is 0.256 e. The van der Waals surface area contributed by atoms with E-state index < -0.39 is 0 Å². The van der Waals surface area contributed by atoms with Gasteiger partial charge in [0.05, 0.1) is 0 Å². The molecule has 2 aromatic rings. The first-order valence-electron chi connectivity index (χ1n) is 7.85. The van der Waals surface area contributed by atoms with Crippen molar-refractivity contribution < 1.29 is 4.84 Å². The summed E-state index contributed by atoms with van der Waals surface area (Å²) in [6, 6.07) is 4.04. The standard InChI is InChI=1S/C15H24N6OS/c1-4-8-16-13-18-14(17-9-5-2)20-15(19-13)21(3)22-11-12-7-6-10-23-12/h6-7,10H,4-5,8-9,11H2,1-3H3,(H2,16,17,18,19,20). The van der Waals surface area contributed by atoms with Gasteiger partial charge in [0.1, 0.15) is 6.61 Å². The fourth-order valence-corrected chi connectivity index (χ4v) is 2.36. The average Bonchev–Trinajstić information content (AvgIpc) is 3.09. The van der Waals surface area contributed by atoms with Crippen LogP contribution in [0.2, 0.25) is 0 Å². The maximum absolute atomic E-state index is 5.73. The first-order valence-corrected chi connectivity index (χ1v) is 8.73. The Morgan fingerprint density at radius 1 is 1.09 bits per heavy atom. The summed E-state index contributed by atoms with van der Waals surface area (Å²) in [6.45, 7) is 6.32. The minimum absolute atomic E-state index is 0.480. The van der Waals surface area contributed by atoms with E-state index in [1.165, 1.54) is 0 Å². The van der Waals surface area contributed by atoms with Crippen LogP contribution < -0.4 is 15.7 Å². The molecule has 0 saturated heterocycles. The van der Waals surface area contributed by atoms with Crippen LogP contribution in [-0.4, -0.2) is 35.1 Å². The number of anilines is 3. The summed E-state index contributed by atoms with van der Waals surface area (Å²) < 4.78 is 0. The van der Waals surface area contributed by atoms with Crippen molar-refractivity contribution in [3.05, 3.63) is 22.4 Å². The Morgan fingerprint density at radius 2 is 1.74 bits per heavy atom. The molecule has 0 bridgehead atoms. The minimum atomic E-state index is 0.480. The van der Waals surface area contributed by atoms with Gasteiger partial charge in [-0.2, -0.15) is 15.0 Å². The van der Waals surface area contributed by atoms with Crippen LogP contribution in [0.5, 0.6) is 0 Å². The molecule has 0 aromatic carbocycles. The van der Waals surface area contributed by atoms with Crippen molar-refractivity contribution in [2.75, 3.05) is 35.8 Å². The summed E-state index contributed by atoms with van der Waals surface area (Å²) >= 11 is 1.66. The predicted octanol–water partition coefficient (Wildman–Crippen LogP) is 3.14. The highest BCUT2D eigenvalue weighted by Crippen LogP contribution is 2.15. The molecule has 2 rings (SSSR count). The second kappa shape index (κ2) is 9.26. The summed E-state index contributed by atoms with van der Waals surface area (Å²) in [5.41, 5.74) is 0. The molecule has 2 heterocycles. The van der Waals surface area contributed by atoms with Crippen molar-refractivity contribution in [2.45, 2.75) is 33.3 Å². The third-order valence-corrected chi connectivity index (χ3v) is 3.80. The van der Waals surface area contributed by atoms with E-state index >= 15 is 0 Å². The Morgan fingerprint density at radius 3 is 2.26 bits per heavy atom. The molecular weight excluding hydrogens is 312 g/mol. The zero-order valence-electron chi connectivity index (χ0n) is 13.9. The van der Waals surface area contributed by atoms with Crippen LogP contribution in [-0.2, 0) is 11.4 Å². The molecule has 126 valence electrons. The highest BCUT2D eigenvalue weighted by Gasteiger charge is 2.11. The quantitative estimate of drug-likeness (QED) is 0.646. The topological polar surface area (TPSA) is 75.2 Å². The fourth-order valence-electron chi connectivity index (χ4n) is 1.75. The molecule has 23 heavy (non-hydrogen) atoms. The molecule has 0 saturated carbocycles. The van der Waals surface area contributed by atoms with Crippen LogP contribution in [0, 0.1) is 0 Å². The van der Waals surface area contributed by atoms with Gasteiger partial charge in [-0.25, -0.2) is 5.06 Å². The van der Waals surface area contributed by atoms with Gasteiger partial charge in [0.2, 0.25) is 11.9 Å². The largest absolute Gasteiger partial charge is 0.354 e. The molecule has 0 spiro atoms. The number of nitrogens with one attached hydrogen (secondary N) is 2. The molecule has 7 nitrogen and oxygen atoms in total. The Labute approximate surface area is 141 Å². The van der Waals surface area contributed by atoms with Crippen molar-refractivity contribution in [1.29, 1.82) is 0 Å². The van der Waals surface area contributed by atoms with Gasteiger partial charge in [0, 0.05) is 25.0 Å². The zero-order valence-corrected chi connectivity index (χ0v) is 14.7. The van der Waals surface area contributed by atoms with Crippen LogP contribution in [0.1, 0.15) is 31.6 Å². The third-order valence-electron chi connectivity index (χ3n) is 2.95. The van der Waals surface area contributed by atoms with Gasteiger partial charge in [0.25, 0.3) is 5.95 Å². The Bertz CT molecular complexity index is 551. The first-order chi connectivity index (χ1) is 11.2. The van der Waals surface area contributed by atoms with Gasteiger partial charge >= 0.3 is 0 Å². The van der Waals surface area contributed by atoms with Gasteiger partial charge in [-0.3, -0.25) is 4.84 Å². The van der Waals surface area contributed by atoms with Crippen molar-refractivity contribution in [3.8, 4) is 0 Å². The predicted molar refractivity (Wildman–Crippen MR) is 94.9 cm³/mol. The Balaban J connectivity index is 2.07. The first kappa shape index (κ1) is 17.4. The second-order valence-corrected chi connectivity index (χ2v) is 6.02. The summed E-state index contributed by atoms with van der Waals surface area (Å²) in [7, 11) is 1.80.